The topological polar surface area (TPSA) is 47.6 Å². The Morgan fingerprint density at radius 1 is 0.548 bits per heavy atom. The second kappa shape index (κ2) is 33.8. The molecule has 4 nitrogen and oxygen atoms in total. The summed E-state index contributed by atoms with van der Waals surface area (Å²) in [7, 11) is -4.67. The van der Waals surface area contributed by atoms with Gasteiger partial charge in [-0.25, -0.2) is 0 Å². The molecule has 0 amide bonds. The molecule has 0 aliphatic carbocycles. The number of unbranched alkanes of at least 4 members (excludes halogenated alkanes) is 8. The molecule has 0 bridgehead atoms. The first kappa shape index (κ1) is 59.4. The van der Waals surface area contributed by atoms with Crippen LogP contribution in [0.25, 0.3) is 0 Å². The molecule has 0 saturated carbocycles. The Morgan fingerprint density at radius 2 is 0.887 bits per heavy atom. The van der Waals surface area contributed by atoms with Gasteiger partial charge in [-0.3, -0.25) is 6.29 Å². The number of hydrogen-bond donors (Lipinski definition) is 1. The van der Waals surface area contributed by atoms with Gasteiger partial charge < -0.3 is 32.8 Å². The van der Waals surface area contributed by atoms with Crippen molar-refractivity contribution in [2.24, 2.45) is 0 Å². The minimum atomic E-state index is -2.35. The Bertz CT molecular complexity index is 1530. The van der Waals surface area contributed by atoms with E-state index in [4.69, 9.17) is 8.85 Å². The second-order valence-corrected chi connectivity index (χ2v) is 26.8. The van der Waals surface area contributed by atoms with Crippen molar-refractivity contribution in [3.63, 3.8) is 0 Å². The minimum absolute atomic E-state index is 0. The summed E-state index contributed by atoms with van der Waals surface area (Å²) in [5.74, 6) is 0. The molecule has 0 unspecified atom stereocenters. The predicted molar refractivity (Wildman–Crippen MR) is 273 cm³/mol. The first-order valence-corrected chi connectivity index (χ1v) is 27.2. The van der Waals surface area contributed by atoms with Crippen LogP contribution in [0, 0.1) is 13.8 Å². The van der Waals surface area contributed by atoms with Crippen LogP contribution in [0.4, 0.5) is 0 Å². The van der Waals surface area contributed by atoms with E-state index in [-0.39, 0.29) is 26.6 Å². The molecule has 0 fully saturated rings. The summed E-state index contributed by atoms with van der Waals surface area (Å²) in [5.41, 5.74) is 0. The van der Waals surface area contributed by atoms with Gasteiger partial charge in [-0.1, -0.05) is 223 Å². The largest absolute Gasteiger partial charge is 3.00 e. The van der Waals surface area contributed by atoms with Crippen LogP contribution in [-0.4, -0.2) is 48.7 Å². The van der Waals surface area contributed by atoms with E-state index < -0.39 is 16.6 Å². The monoisotopic (exact) mass is 923 g/mol. The van der Waals surface area contributed by atoms with Crippen molar-refractivity contribution < 1.29 is 30.1 Å². The SMILES string of the molecule is CC(C)NCCCCCO[Si](c1ccccc1)(c1ccccc1)C(C)(C)C.CCCCCC[C-]=O.[CH2-]CC.[CH2-]CCCCO[Si](c1ccccc1)(c1ccccc1)C(C)(C)C.[Ni+3]. The van der Waals surface area contributed by atoms with E-state index in [2.05, 4.69) is 203 Å². The molecule has 1 radical (unpaired) electrons. The van der Waals surface area contributed by atoms with Crippen LogP contribution < -0.4 is 26.1 Å². The molecule has 0 atom stereocenters. The van der Waals surface area contributed by atoms with Gasteiger partial charge in [-0.2, -0.15) is 19.3 Å². The molecular formula is C55H86NNiO3Si2. The molecule has 0 heterocycles. The van der Waals surface area contributed by atoms with Crippen LogP contribution in [-0.2, 0) is 30.1 Å². The number of hydrogen-bond acceptors (Lipinski definition) is 4. The first-order valence-electron chi connectivity index (χ1n) is 23.4. The summed E-state index contributed by atoms with van der Waals surface area (Å²) in [6.07, 6.45) is 14.9. The molecule has 0 spiro atoms. The fourth-order valence-electron chi connectivity index (χ4n) is 7.67. The van der Waals surface area contributed by atoms with Gasteiger partial charge in [0, 0.05) is 19.3 Å². The average molecular weight is 924 g/mol. The maximum absolute atomic E-state index is 9.64. The van der Waals surface area contributed by atoms with Gasteiger partial charge in [0.2, 0.25) is 0 Å². The normalized spacial score (nSPS) is 11.5. The molecule has 1 N–H and O–H groups in total. The molecule has 0 aliphatic rings. The number of benzene rings is 4. The quantitative estimate of drug-likeness (QED) is 0.0485. The Morgan fingerprint density at radius 3 is 1.18 bits per heavy atom. The zero-order chi connectivity index (χ0) is 45.5. The third-order valence-corrected chi connectivity index (χ3v) is 20.7. The van der Waals surface area contributed by atoms with E-state index in [1.54, 1.807) is 0 Å². The smallest absolute Gasteiger partial charge is 0.542 e. The molecule has 4 aromatic carbocycles. The molecule has 62 heavy (non-hydrogen) atoms. The Kier molecular flexibility index (Phi) is 32.4. The fraction of sp³-hybridized carbons (Fsp3) is 0.509. The van der Waals surface area contributed by atoms with Gasteiger partial charge in [0.15, 0.2) is 0 Å². The van der Waals surface area contributed by atoms with Crippen LogP contribution in [0.5, 0.6) is 0 Å². The van der Waals surface area contributed by atoms with Gasteiger partial charge in [0.1, 0.15) is 0 Å². The van der Waals surface area contributed by atoms with E-state index in [1.165, 1.54) is 52.9 Å². The molecule has 4 aromatic rings. The third kappa shape index (κ3) is 20.5. The number of carbonyl (C=O) groups excluding carboxylic acids is 1. The first-order chi connectivity index (χ1) is 29.2. The number of rotatable bonds is 22. The molecule has 4 rings (SSSR count). The standard InChI is InChI=1S/C24H37NOSi.C21H29OSi.C7H13O.C3H7.Ni/c1-21(2)25-19-13-8-14-20-26-27(24(3,4)5,22-15-9-6-10-16-22)23-17-11-7-12-18-23;1-5-6-13-18-22-23(21(2,3)4,19-14-9-7-10-15-19)20-16-11-8-12-17-20;1-2-3-4-5-6-7-8;1-3-2;/h6-7,9-12,15-18,21,25H,8,13-14,19-20H2,1-5H3;7-12,14-17H,1,5-6,13,18H2,2-4H3;2-6H2,1H3;1,3H2,2H3;/q;3*-1;+3. The van der Waals surface area contributed by atoms with Crippen LogP contribution in [0.15, 0.2) is 121 Å². The summed E-state index contributed by atoms with van der Waals surface area (Å²) in [4.78, 5) is 9.64. The summed E-state index contributed by atoms with van der Waals surface area (Å²) in [6, 6.07) is 44.0. The van der Waals surface area contributed by atoms with Crippen LogP contribution in [0.2, 0.25) is 10.1 Å². The van der Waals surface area contributed by atoms with Gasteiger partial charge in [0.25, 0.3) is 16.6 Å². The summed E-state index contributed by atoms with van der Waals surface area (Å²) in [5, 5.41) is 9.07. The van der Waals surface area contributed by atoms with Gasteiger partial charge in [0.05, 0.1) is 0 Å². The van der Waals surface area contributed by atoms with E-state index in [0.717, 1.165) is 58.3 Å². The molecule has 0 aliphatic heterocycles. The molecule has 7 heteroatoms. The van der Waals surface area contributed by atoms with E-state index in [1.807, 2.05) is 13.2 Å². The van der Waals surface area contributed by atoms with E-state index in [0.29, 0.717) is 12.5 Å². The van der Waals surface area contributed by atoms with E-state index in [9.17, 15) is 4.79 Å². The second-order valence-electron chi connectivity index (χ2n) is 18.2. The van der Waals surface area contributed by atoms with Crippen molar-refractivity contribution in [1.82, 2.24) is 5.32 Å². The van der Waals surface area contributed by atoms with Gasteiger partial charge >= 0.3 is 16.5 Å². The Balaban J connectivity index is 0.000000963. The van der Waals surface area contributed by atoms with Crippen molar-refractivity contribution in [3.05, 3.63) is 135 Å². The third-order valence-electron chi connectivity index (χ3n) is 10.6. The Hall–Kier alpha value is -2.64. The van der Waals surface area contributed by atoms with Crippen LogP contribution >= 0.6 is 0 Å². The maximum Gasteiger partial charge on any atom is 3.00 e. The van der Waals surface area contributed by atoms with Gasteiger partial charge in [-0.15, -0.1) is 0 Å². The van der Waals surface area contributed by atoms with E-state index >= 15 is 0 Å². The molecule has 0 aromatic heterocycles. The van der Waals surface area contributed by atoms with Crippen molar-refractivity contribution in [3.8, 4) is 0 Å². The van der Waals surface area contributed by atoms with Crippen LogP contribution in [0.1, 0.15) is 146 Å². The summed E-state index contributed by atoms with van der Waals surface area (Å²) in [6.45, 7) is 32.7. The zero-order valence-electron chi connectivity index (χ0n) is 40.7. The zero-order valence-corrected chi connectivity index (χ0v) is 43.7. The van der Waals surface area contributed by atoms with Crippen LogP contribution in [0.3, 0.4) is 0 Å². The molecular weight excluding hydrogens is 837 g/mol. The minimum Gasteiger partial charge on any atom is -0.542 e. The number of nitrogens with one attached hydrogen (secondary N) is 1. The van der Waals surface area contributed by atoms with Crippen molar-refractivity contribution >= 4 is 43.7 Å². The van der Waals surface area contributed by atoms with Crippen molar-refractivity contribution in [1.29, 1.82) is 0 Å². The average Bonchev–Trinajstić information content (AvgIpc) is 3.24. The summed E-state index contributed by atoms with van der Waals surface area (Å²) < 4.78 is 13.7. The predicted octanol–water partition coefficient (Wildman–Crippen LogP) is 12.6. The van der Waals surface area contributed by atoms with Crippen molar-refractivity contribution in [2.75, 3.05) is 19.8 Å². The van der Waals surface area contributed by atoms with Gasteiger partial charge in [-0.05, 0) is 63.1 Å². The molecule has 347 valence electrons. The Labute approximate surface area is 394 Å². The maximum atomic E-state index is 9.64. The fourth-order valence-corrected chi connectivity index (χ4v) is 16.9. The van der Waals surface area contributed by atoms with Crippen molar-refractivity contribution in [2.45, 2.75) is 162 Å². The molecule has 0 saturated heterocycles. The summed E-state index contributed by atoms with van der Waals surface area (Å²) >= 11 is 0.